The molecule has 5 nitrogen and oxygen atoms in total. The van der Waals surface area contributed by atoms with E-state index in [1.807, 2.05) is 56.3 Å². The highest BCUT2D eigenvalue weighted by Gasteiger charge is 2.15. The summed E-state index contributed by atoms with van der Waals surface area (Å²) in [6, 6.07) is 13.2. The van der Waals surface area contributed by atoms with E-state index in [0.29, 0.717) is 5.75 Å². The molecule has 2 aromatic carbocycles. The number of likely N-dealkylation sites (N-methyl/N-ethyl adjacent to an activating group) is 1. The number of hydrogen-bond donors (Lipinski definition) is 1. The van der Waals surface area contributed by atoms with Crippen LogP contribution in [-0.2, 0) is 9.59 Å². The monoisotopic (exact) mass is 452 g/mol. The maximum atomic E-state index is 12.2. The van der Waals surface area contributed by atoms with E-state index in [1.54, 1.807) is 7.05 Å². The first-order chi connectivity index (χ1) is 11.9. The first kappa shape index (κ1) is 19.2. The second-order valence-corrected chi connectivity index (χ2v) is 7.05. The van der Waals surface area contributed by atoms with E-state index < -0.39 is 0 Å². The molecule has 0 fully saturated rings. The highest BCUT2D eigenvalue weighted by Crippen LogP contribution is 2.19. The molecule has 2 amide bonds. The molecule has 0 aliphatic carbocycles. The lowest BCUT2D eigenvalue weighted by Gasteiger charge is -2.18. The molecule has 0 saturated heterocycles. The maximum Gasteiger partial charge on any atom is 0.260 e. The topological polar surface area (TPSA) is 58.6 Å². The quantitative estimate of drug-likeness (QED) is 0.684. The van der Waals surface area contributed by atoms with Crippen LogP contribution in [0.5, 0.6) is 5.75 Å². The lowest BCUT2D eigenvalue weighted by atomic mass is 10.1. The Balaban J connectivity index is 1.85. The number of hydrogen-bond acceptors (Lipinski definition) is 3. The average molecular weight is 452 g/mol. The van der Waals surface area contributed by atoms with E-state index in [4.69, 9.17) is 4.74 Å². The fourth-order valence-electron chi connectivity index (χ4n) is 2.28. The van der Waals surface area contributed by atoms with E-state index in [0.717, 1.165) is 20.4 Å². The number of ether oxygens (including phenoxy) is 1. The lowest BCUT2D eigenvalue weighted by molar-refractivity contribution is -0.135. The van der Waals surface area contributed by atoms with Crippen LogP contribution in [0.25, 0.3) is 0 Å². The van der Waals surface area contributed by atoms with Gasteiger partial charge in [-0.15, -0.1) is 0 Å². The minimum atomic E-state index is -0.254. The summed E-state index contributed by atoms with van der Waals surface area (Å²) in [6.45, 7) is 3.75. The van der Waals surface area contributed by atoms with Gasteiger partial charge in [0, 0.05) is 16.3 Å². The van der Waals surface area contributed by atoms with E-state index in [1.165, 1.54) is 4.90 Å². The largest absolute Gasteiger partial charge is 0.484 e. The zero-order chi connectivity index (χ0) is 18.4. The van der Waals surface area contributed by atoms with Gasteiger partial charge in [0.05, 0.1) is 6.54 Å². The first-order valence-electron chi connectivity index (χ1n) is 7.85. The summed E-state index contributed by atoms with van der Waals surface area (Å²) in [4.78, 5) is 25.7. The number of amides is 2. The Labute approximate surface area is 161 Å². The molecule has 0 heterocycles. The third-order valence-electron chi connectivity index (χ3n) is 3.73. The van der Waals surface area contributed by atoms with Gasteiger partial charge in [0.15, 0.2) is 6.61 Å². The van der Waals surface area contributed by atoms with Crippen molar-refractivity contribution in [3.05, 3.63) is 57.2 Å². The van der Waals surface area contributed by atoms with Crippen molar-refractivity contribution in [1.29, 1.82) is 0 Å². The van der Waals surface area contributed by atoms with Gasteiger partial charge >= 0.3 is 0 Å². The van der Waals surface area contributed by atoms with Gasteiger partial charge in [0.2, 0.25) is 5.91 Å². The smallest absolute Gasteiger partial charge is 0.260 e. The summed E-state index contributed by atoms with van der Waals surface area (Å²) >= 11 is 2.20. The summed E-state index contributed by atoms with van der Waals surface area (Å²) in [5, 5.41) is 2.87. The van der Waals surface area contributed by atoms with E-state index >= 15 is 0 Å². The number of nitrogens with one attached hydrogen (secondary N) is 1. The molecule has 132 valence electrons. The van der Waals surface area contributed by atoms with E-state index in [9.17, 15) is 9.59 Å². The Bertz CT molecular complexity index is 740. The Hall–Kier alpha value is -2.09. The number of para-hydroxylation sites is 1. The van der Waals surface area contributed by atoms with Crippen molar-refractivity contribution in [2.24, 2.45) is 0 Å². The molecule has 25 heavy (non-hydrogen) atoms. The molecule has 0 unspecified atom stereocenters. The van der Waals surface area contributed by atoms with Crippen LogP contribution in [0, 0.1) is 17.4 Å². The molecule has 0 aromatic heterocycles. The highest BCUT2D eigenvalue weighted by molar-refractivity contribution is 14.1. The van der Waals surface area contributed by atoms with Crippen LogP contribution in [0.3, 0.4) is 0 Å². The van der Waals surface area contributed by atoms with Crippen molar-refractivity contribution in [2.45, 2.75) is 13.8 Å². The Kier molecular flexibility index (Phi) is 6.81. The second kappa shape index (κ2) is 8.84. The number of carbonyl (C=O) groups excluding carboxylic acids is 2. The van der Waals surface area contributed by atoms with Gasteiger partial charge < -0.3 is 15.0 Å². The molecule has 2 rings (SSSR count). The van der Waals surface area contributed by atoms with Crippen molar-refractivity contribution in [2.75, 3.05) is 25.5 Å². The minimum Gasteiger partial charge on any atom is -0.484 e. The molecule has 2 aromatic rings. The van der Waals surface area contributed by atoms with Gasteiger partial charge in [-0.05, 0) is 71.8 Å². The number of halogens is 1. The van der Waals surface area contributed by atoms with Gasteiger partial charge in [0.1, 0.15) is 5.75 Å². The Morgan fingerprint density at radius 2 is 1.68 bits per heavy atom. The maximum absolute atomic E-state index is 12.2. The van der Waals surface area contributed by atoms with E-state index in [-0.39, 0.29) is 25.0 Å². The van der Waals surface area contributed by atoms with Crippen molar-refractivity contribution >= 4 is 40.1 Å². The number of nitrogens with zero attached hydrogens (tertiary/aromatic N) is 1. The minimum absolute atomic E-state index is 0.0251. The van der Waals surface area contributed by atoms with Crippen LogP contribution >= 0.6 is 22.6 Å². The number of benzene rings is 2. The molecule has 6 heteroatoms. The normalized spacial score (nSPS) is 10.2. The fourth-order valence-corrected chi connectivity index (χ4v) is 2.64. The van der Waals surface area contributed by atoms with Crippen molar-refractivity contribution in [1.82, 2.24) is 4.90 Å². The number of rotatable bonds is 6. The van der Waals surface area contributed by atoms with Crippen molar-refractivity contribution in [3.8, 4) is 5.75 Å². The Morgan fingerprint density at radius 3 is 2.28 bits per heavy atom. The SMILES string of the molecule is Cc1cccc(C)c1NC(=O)CN(C)C(=O)COc1ccc(I)cc1. The van der Waals surface area contributed by atoms with Crippen molar-refractivity contribution < 1.29 is 14.3 Å². The molecular formula is C19H21IN2O3. The van der Waals surface area contributed by atoms with Gasteiger partial charge in [-0.25, -0.2) is 0 Å². The first-order valence-corrected chi connectivity index (χ1v) is 8.93. The third-order valence-corrected chi connectivity index (χ3v) is 4.45. The van der Waals surface area contributed by atoms with Crippen LogP contribution in [0.4, 0.5) is 5.69 Å². The zero-order valence-corrected chi connectivity index (χ0v) is 16.7. The molecular weight excluding hydrogens is 431 g/mol. The standard InChI is InChI=1S/C19H21IN2O3/c1-13-5-4-6-14(2)19(13)21-17(23)11-22(3)18(24)12-25-16-9-7-15(20)8-10-16/h4-10H,11-12H2,1-3H3,(H,21,23). The van der Waals surface area contributed by atoms with Gasteiger partial charge in [-0.2, -0.15) is 0 Å². The van der Waals surface area contributed by atoms with E-state index in [2.05, 4.69) is 27.9 Å². The summed E-state index contributed by atoms with van der Waals surface area (Å²) in [5.74, 6) is 0.139. The highest BCUT2D eigenvalue weighted by atomic mass is 127. The summed E-state index contributed by atoms with van der Waals surface area (Å²) < 4.78 is 6.55. The van der Waals surface area contributed by atoms with Crippen LogP contribution in [0.15, 0.2) is 42.5 Å². The predicted molar refractivity (Wildman–Crippen MR) is 107 cm³/mol. The summed E-state index contributed by atoms with van der Waals surface area (Å²) in [6.07, 6.45) is 0. The molecule has 0 bridgehead atoms. The molecule has 0 saturated carbocycles. The van der Waals surface area contributed by atoms with Crippen LogP contribution in [0.1, 0.15) is 11.1 Å². The zero-order valence-electron chi connectivity index (χ0n) is 14.5. The third kappa shape index (κ3) is 5.74. The lowest BCUT2D eigenvalue weighted by Crippen LogP contribution is -2.37. The fraction of sp³-hybridized carbons (Fsp3) is 0.263. The average Bonchev–Trinajstić information content (AvgIpc) is 2.57. The number of anilines is 1. The molecule has 0 aliphatic heterocycles. The molecule has 0 radical (unpaired) electrons. The van der Waals surface area contributed by atoms with Gasteiger partial charge in [-0.1, -0.05) is 18.2 Å². The molecule has 1 N–H and O–H groups in total. The molecule has 0 aliphatic rings. The van der Waals surface area contributed by atoms with Crippen LogP contribution < -0.4 is 10.1 Å². The summed E-state index contributed by atoms with van der Waals surface area (Å²) in [7, 11) is 1.59. The van der Waals surface area contributed by atoms with Gasteiger partial charge in [0.25, 0.3) is 5.91 Å². The van der Waals surface area contributed by atoms with Crippen molar-refractivity contribution in [3.63, 3.8) is 0 Å². The Morgan fingerprint density at radius 1 is 1.08 bits per heavy atom. The number of carbonyl (C=O) groups is 2. The second-order valence-electron chi connectivity index (χ2n) is 5.81. The molecule has 0 spiro atoms. The predicted octanol–water partition coefficient (Wildman–Crippen LogP) is 3.38. The molecule has 0 atom stereocenters. The summed E-state index contributed by atoms with van der Waals surface area (Å²) in [5.41, 5.74) is 2.78. The van der Waals surface area contributed by atoms with Crippen LogP contribution in [-0.4, -0.2) is 36.9 Å². The van der Waals surface area contributed by atoms with Gasteiger partial charge in [-0.3, -0.25) is 9.59 Å². The number of aryl methyl sites for hydroxylation is 2. The van der Waals surface area contributed by atoms with Crippen LogP contribution in [0.2, 0.25) is 0 Å².